The number of carboxylic acids is 2. The first-order valence-corrected chi connectivity index (χ1v) is 11.1. The van der Waals surface area contributed by atoms with Crippen LogP contribution in [0, 0.1) is 0 Å². The minimum Gasteiger partial charge on any atom is -0.480 e. The molecule has 0 saturated heterocycles. The zero-order valence-corrected chi connectivity index (χ0v) is 18.5. The van der Waals surface area contributed by atoms with Crippen LogP contribution in [0.2, 0.25) is 0 Å². The van der Waals surface area contributed by atoms with Crippen molar-refractivity contribution in [1.29, 1.82) is 0 Å². The summed E-state index contributed by atoms with van der Waals surface area (Å²) in [7, 11) is 0. The molecule has 0 radical (unpaired) electrons. The first kappa shape index (κ1) is 24.3. The molecule has 1 aliphatic rings. The van der Waals surface area contributed by atoms with Crippen LogP contribution in [0.3, 0.4) is 0 Å². The number of aromatic nitrogens is 1. The number of hydrogen-bond acceptors (Lipinski definition) is 6. The SMILES string of the molecule is O=C(O)CN(Cc1ccccn1)C1CCCC[C@@H]1N(CC(=O)O)CC(=O)Nc1ccccc1. The van der Waals surface area contributed by atoms with Gasteiger partial charge in [0.15, 0.2) is 0 Å². The smallest absolute Gasteiger partial charge is 0.317 e. The van der Waals surface area contributed by atoms with Crippen molar-refractivity contribution in [2.24, 2.45) is 0 Å². The number of aliphatic carboxylic acids is 2. The van der Waals surface area contributed by atoms with Gasteiger partial charge in [0.05, 0.1) is 25.3 Å². The molecule has 1 unspecified atom stereocenters. The van der Waals surface area contributed by atoms with E-state index in [4.69, 9.17) is 0 Å². The molecule has 3 rings (SSSR count). The number of amides is 1. The molecular formula is C24H30N4O5. The molecule has 0 bridgehead atoms. The Kier molecular flexibility index (Phi) is 8.91. The summed E-state index contributed by atoms with van der Waals surface area (Å²) in [5.41, 5.74) is 1.38. The van der Waals surface area contributed by atoms with E-state index in [-0.39, 0.29) is 37.6 Å². The van der Waals surface area contributed by atoms with Crippen LogP contribution in [0.1, 0.15) is 31.4 Å². The fourth-order valence-corrected chi connectivity index (χ4v) is 4.48. The third kappa shape index (κ3) is 7.65. The number of para-hydroxylation sites is 1. The average molecular weight is 455 g/mol. The van der Waals surface area contributed by atoms with Crippen LogP contribution >= 0.6 is 0 Å². The number of nitrogens with one attached hydrogen (secondary N) is 1. The van der Waals surface area contributed by atoms with Gasteiger partial charge in [0, 0.05) is 30.5 Å². The van der Waals surface area contributed by atoms with Gasteiger partial charge >= 0.3 is 11.9 Å². The van der Waals surface area contributed by atoms with Gasteiger partial charge < -0.3 is 15.5 Å². The van der Waals surface area contributed by atoms with E-state index in [0.29, 0.717) is 18.7 Å². The van der Waals surface area contributed by atoms with Gasteiger partial charge in [-0.25, -0.2) is 0 Å². The summed E-state index contributed by atoms with van der Waals surface area (Å²) in [4.78, 5) is 43.9. The Hall–Kier alpha value is -3.30. The van der Waals surface area contributed by atoms with Crippen molar-refractivity contribution in [3.8, 4) is 0 Å². The molecule has 1 aromatic heterocycles. The molecule has 1 fully saturated rings. The number of carbonyl (C=O) groups excluding carboxylic acids is 1. The molecule has 176 valence electrons. The zero-order chi connectivity index (χ0) is 23.6. The van der Waals surface area contributed by atoms with Crippen LogP contribution in [0.15, 0.2) is 54.7 Å². The van der Waals surface area contributed by atoms with Crippen molar-refractivity contribution in [2.75, 3.05) is 25.0 Å². The normalized spacial score (nSPS) is 18.2. The number of benzene rings is 1. The van der Waals surface area contributed by atoms with E-state index < -0.39 is 11.9 Å². The zero-order valence-electron chi connectivity index (χ0n) is 18.5. The molecule has 3 N–H and O–H groups in total. The minimum atomic E-state index is -1.03. The lowest BCUT2D eigenvalue weighted by molar-refractivity contribution is -0.143. The second-order valence-electron chi connectivity index (χ2n) is 8.25. The molecule has 0 aliphatic heterocycles. The number of hydrogen-bond donors (Lipinski definition) is 3. The van der Waals surface area contributed by atoms with Gasteiger partial charge in [0.25, 0.3) is 0 Å². The number of pyridine rings is 1. The van der Waals surface area contributed by atoms with Crippen molar-refractivity contribution < 1.29 is 24.6 Å². The first-order chi connectivity index (χ1) is 15.9. The summed E-state index contributed by atoms with van der Waals surface area (Å²) in [5, 5.41) is 21.9. The van der Waals surface area contributed by atoms with Crippen molar-refractivity contribution in [3.63, 3.8) is 0 Å². The maximum atomic E-state index is 12.7. The number of rotatable bonds is 11. The molecule has 9 nitrogen and oxygen atoms in total. The molecule has 2 atom stereocenters. The molecule has 1 saturated carbocycles. The van der Waals surface area contributed by atoms with E-state index in [1.807, 2.05) is 35.2 Å². The van der Waals surface area contributed by atoms with Gasteiger partial charge in [0.2, 0.25) is 5.91 Å². The van der Waals surface area contributed by atoms with Gasteiger partial charge in [-0.3, -0.25) is 29.2 Å². The summed E-state index contributed by atoms with van der Waals surface area (Å²) in [6, 6.07) is 14.0. The minimum absolute atomic E-state index is 0.0904. The number of carbonyl (C=O) groups is 3. The van der Waals surface area contributed by atoms with Crippen LogP contribution in [0.4, 0.5) is 5.69 Å². The Labute approximate surface area is 193 Å². The molecule has 33 heavy (non-hydrogen) atoms. The Balaban J connectivity index is 1.80. The van der Waals surface area contributed by atoms with E-state index in [2.05, 4.69) is 10.3 Å². The van der Waals surface area contributed by atoms with Gasteiger partial charge in [-0.2, -0.15) is 0 Å². The summed E-state index contributed by atoms with van der Waals surface area (Å²) >= 11 is 0. The Morgan fingerprint density at radius 3 is 2.06 bits per heavy atom. The summed E-state index contributed by atoms with van der Waals surface area (Å²) in [5.74, 6) is -2.29. The Bertz CT molecular complexity index is 925. The lowest BCUT2D eigenvalue weighted by atomic mass is 9.87. The fraction of sp³-hybridized carbons (Fsp3) is 0.417. The molecule has 1 heterocycles. The molecule has 1 aromatic carbocycles. The number of carboxylic acid groups (broad SMARTS) is 2. The van der Waals surface area contributed by atoms with E-state index in [1.165, 1.54) is 0 Å². The topological polar surface area (TPSA) is 123 Å². The number of nitrogens with zero attached hydrogens (tertiary/aromatic N) is 3. The predicted octanol–water partition coefficient (Wildman–Crippen LogP) is 2.30. The summed E-state index contributed by atoms with van der Waals surface area (Å²) in [6.45, 7) is -0.235. The van der Waals surface area contributed by atoms with Gasteiger partial charge in [-0.05, 0) is 37.1 Å². The highest BCUT2D eigenvalue weighted by molar-refractivity contribution is 5.92. The molecule has 2 aromatic rings. The van der Waals surface area contributed by atoms with E-state index in [9.17, 15) is 24.6 Å². The van der Waals surface area contributed by atoms with Gasteiger partial charge in [-0.1, -0.05) is 37.1 Å². The summed E-state index contributed by atoms with van der Waals surface area (Å²) < 4.78 is 0. The second kappa shape index (κ2) is 12.1. The van der Waals surface area contributed by atoms with E-state index >= 15 is 0 Å². The van der Waals surface area contributed by atoms with Crippen LogP contribution in [0.25, 0.3) is 0 Å². The quantitative estimate of drug-likeness (QED) is 0.473. The Morgan fingerprint density at radius 2 is 1.45 bits per heavy atom. The van der Waals surface area contributed by atoms with Crippen LogP contribution in [0.5, 0.6) is 0 Å². The molecule has 1 aliphatic carbocycles. The van der Waals surface area contributed by atoms with Crippen LogP contribution < -0.4 is 5.32 Å². The molecule has 1 amide bonds. The monoisotopic (exact) mass is 454 g/mol. The number of anilines is 1. The first-order valence-electron chi connectivity index (χ1n) is 11.1. The molecule has 0 spiro atoms. The third-order valence-corrected chi connectivity index (χ3v) is 5.80. The Morgan fingerprint density at radius 1 is 0.848 bits per heavy atom. The summed E-state index contributed by atoms with van der Waals surface area (Å²) in [6.07, 6.45) is 4.88. The second-order valence-corrected chi connectivity index (χ2v) is 8.25. The highest BCUT2D eigenvalue weighted by Gasteiger charge is 2.36. The van der Waals surface area contributed by atoms with Gasteiger partial charge in [0.1, 0.15) is 0 Å². The van der Waals surface area contributed by atoms with E-state index in [1.54, 1.807) is 29.3 Å². The van der Waals surface area contributed by atoms with Crippen molar-refractivity contribution in [1.82, 2.24) is 14.8 Å². The standard InChI is InChI=1S/C24H30N4O5/c29-22(26-18-8-2-1-3-9-18)15-28(17-24(32)33)21-12-5-4-11-20(21)27(16-23(30)31)14-19-10-6-7-13-25-19/h1-3,6-10,13,20-21H,4-5,11-12,14-17H2,(H,26,29)(H,30,31)(H,32,33)/t20?,21-/m0/s1. The average Bonchev–Trinajstić information content (AvgIpc) is 2.79. The maximum absolute atomic E-state index is 12.7. The van der Waals surface area contributed by atoms with Crippen molar-refractivity contribution in [3.05, 3.63) is 60.4 Å². The van der Waals surface area contributed by atoms with Crippen molar-refractivity contribution >= 4 is 23.5 Å². The molecule has 9 heteroatoms. The van der Waals surface area contributed by atoms with Crippen LogP contribution in [-0.2, 0) is 20.9 Å². The highest BCUT2D eigenvalue weighted by Crippen LogP contribution is 2.28. The van der Waals surface area contributed by atoms with E-state index in [0.717, 1.165) is 25.0 Å². The third-order valence-electron chi connectivity index (χ3n) is 5.80. The largest absolute Gasteiger partial charge is 0.480 e. The van der Waals surface area contributed by atoms with Crippen molar-refractivity contribution in [2.45, 2.75) is 44.3 Å². The molecular weight excluding hydrogens is 424 g/mol. The lowest BCUT2D eigenvalue weighted by Crippen LogP contribution is -2.56. The van der Waals surface area contributed by atoms with Gasteiger partial charge in [-0.15, -0.1) is 0 Å². The predicted molar refractivity (Wildman–Crippen MR) is 123 cm³/mol. The van der Waals surface area contributed by atoms with Crippen LogP contribution in [-0.4, -0.2) is 74.6 Å². The maximum Gasteiger partial charge on any atom is 0.317 e. The lowest BCUT2D eigenvalue weighted by Gasteiger charge is -2.44. The highest BCUT2D eigenvalue weighted by atomic mass is 16.4. The fourth-order valence-electron chi connectivity index (χ4n) is 4.48.